The summed E-state index contributed by atoms with van der Waals surface area (Å²) in [6.07, 6.45) is 0. The van der Waals surface area contributed by atoms with E-state index >= 15 is 0 Å². The van der Waals surface area contributed by atoms with Gasteiger partial charge in [-0.3, -0.25) is 0 Å². The van der Waals surface area contributed by atoms with Crippen LogP contribution in [0.25, 0.3) is 0 Å². The fraction of sp³-hybridized carbons (Fsp3) is 0.333. The molecule has 2 N–H and O–H groups in total. The number of ether oxygens (including phenoxy) is 2. The summed E-state index contributed by atoms with van der Waals surface area (Å²) in [5.74, 6) is 0.839. The molecule has 0 saturated heterocycles. The van der Waals surface area contributed by atoms with E-state index in [4.69, 9.17) is 15.2 Å². The molecule has 0 spiro atoms. The SMILES string of the molecule is COc1ccccc1COCN. The third kappa shape index (κ3) is 2.22. The van der Waals surface area contributed by atoms with Crippen LogP contribution in [0.4, 0.5) is 0 Å². The third-order valence-corrected chi connectivity index (χ3v) is 1.57. The van der Waals surface area contributed by atoms with E-state index in [9.17, 15) is 0 Å². The minimum Gasteiger partial charge on any atom is -0.496 e. The molecular weight excluding hydrogens is 154 g/mol. The second-order valence-electron chi connectivity index (χ2n) is 2.33. The van der Waals surface area contributed by atoms with Crippen LogP contribution in [0, 0.1) is 0 Å². The maximum Gasteiger partial charge on any atom is 0.124 e. The highest BCUT2D eigenvalue weighted by Gasteiger charge is 1.99. The molecule has 0 unspecified atom stereocenters. The molecule has 66 valence electrons. The van der Waals surface area contributed by atoms with Crippen molar-refractivity contribution in [1.29, 1.82) is 0 Å². The summed E-state index contributed by atoms with van der Waals surface area (Å²) in [6.45, 7) is 0.735. The van der Waals surface area contributed by atoms with E-state index in [1.54, 1.807) is 7.11 Å². The molecule has 3 nitrogen and oxygen atoms in total. The maximum atomic E-state index is 5.20. The van der Waals surface area contributed by atoms with Gasteiger partial charge in [-0.25, -0.2) is 0 Å². The molecule has 0 saturated carbocycles. The quantitative estimate of drug-likeness (QED) is 0.683. The Kier molecular flexibility index (Phi) is 3.57. The monoisotopic (exact) mass is 167 g/mol. The van der Waals surface area contributed by atoms with Crippen molar-refractivity contribution < 1.29 is 9.47 Å². The van der Waals surface area contributed by atoms with E-state index in [0.29, 0.717) is 6.61 Å². The standard InChI is InChI=1S/C9H13NO2/c1-11-9-5-3-2-4-8(9)6-12-7-10/h2-5H,6-7,10H2,1H3. The second kappa shape index (κ2) is 4.74. The molecule has 0 bridgehead atoms. The number of nitrogens with two attached hydrogens (primary N) is 1. The van der Waals surface area contributed by atoms with Gasteiger partial charge in [-0.1, -0.05) is 18.2 Å². The van der Waals surface area contributed by atoms with Gasteiger partial charge < -0.3 is 15.2 Å². The van der Waals surface area contributed by atoms with Gasteiger partial charge in [-0.15, -0.1) is 0 Å². The van der Waals surface area contributed by atoms with Gasteiger partial charge in [0.25, 0.3) is 0 Å². The smallest absolute Gasteiger partial charge is 0.124 e. The lowest BCUT2D eigenvalue weighted by molar-refractivity contribution is 0.125. The number of hydrogen-bond donors (Lipinski definition) is 1. The Labute approximate surface area is 72.1 Å². The molecule has 0 radical (unpaired) electrons. The van der Waals surface area contributed by atoms with Crippen molar-refractivity contribution in [1.82, 2.24) is 0 Å². The predicted octanol–water partition coefficient (Wildman–Crippen LogP) is 1.13. The molecule has 0 aliphatic heterocycles. The van der Waals surface area contributed by atoms with Gasteiger partial charge in [0.15, 0.2) is 0 Å². The summed E-state index contributed by atoms with van der Waals surface area (Å²) in [5.41, 5.74) is 6.22. The molecular formula is C9H13NO2. The Morgan fingerprint density at radius 2 is 2.08 bits per heavy atom. The van der Waals surface area contributed by atoms with Gasteiger partial charge in [-0.2, -0.15) is 0 Å². The van der Waals surface area contributed by atoms with Crippen LogP contribution < -0.4 is 10.5 Å². The molecule has 0 aromatic heterocycles. The Balaban J connectivity index is 2.68. The molecule has 1 aromatic rings. The Morgan fingerprint density at radius 1 is 1.33 bits per heavy atom. The molecule has 12 heavy (non-hydrogen) atoms. The highest BCUT2D eigenvalue weighted by atomic mass is 16.5. The normalized spacial score (nSPS) is 9.83. The summed E-state index contributed by atoms with van der Waals surface area (Å²) >= 11 is 0. The topological polar surface area (TPSA) is 44.5 Å². The van der Waals surface area contributed by atoms with E-state index < -0.39 is 0 Å². The average molecular weight is 167 g/mol. The van der Waals surface area contributed by atoms with Gasteiger partial charge >= 0.3 is 0 Å². The molecule has 1 aromatic carbocycles. The van der Waals surface area contributed by atoms with Crippen molar-refractivity contribution in [3.05, 3.63) is 29.8 Å². The lowest BCUT2D eigenvalue weighted by Crippen LogP contribution is -2.04. The zero-order valence-corrected chi connectivity index (χ0v) is 7.12. The van der Waals surface area contributed by atoms with Crippen molar-refractivity contribution in [2.24, 2.45) is 5.73 Å². The first-order chi connectivity index (χ1) is 5.88. The van der Waals surface area contributed by atoms with Gasteiger partial charge in [-0.05, 0) is 6.07 Å². The molecule has 0 amide bonds. The zero-order valence-electron chi connectivity index (χ0n) is 7.12. The van der Waals surface area contributed by atoms with Crippen molar-refractivity contribution in [2.75, 3.05) is 13.8 Å². The van der Waals surface area contributed by atoms with Gasteiger partial charge in [0.2, 0.25) is 0 Å². The highest BCUT2D eigenvalue weighted by molar-refractivity contribution is 5.32. The lowest BCUT2D eigenvalue weighted by Gasteiger charge is -2.06. The highest BCUT2D eigenvalue weighted by Crippen LogP contribution is 2.17. The lowest BCUT2D eigenvalue weighted by atomic mass is 10.2. The summed E-state index contributed by atoms with van der Waals surface area (Å²) in [4.78, 5) is 0. The summed E-state index contributed by atoms with van der Waals surface area (Å²) in [7, 11) is 1.64. The molecule has 0 heterocycles. The first-order valence-corrected chi connectivity index (χ1v) is 3.78. The Morgan fingerprint density at radius 3 is 2.75 bits per heavy atom. The third-order valence-electron chi connectivity index (χ3n) is 1.57. The van der Waals surface area contributed by atoms with Crippen LogP contribution in [0.3, 0.4) is 0 Å². The summed E-state index contributed by atoms with van der Waals surface area (Å²) in [5, 5.41) is 0. The van der Waals surface area contributed by atoms with E-state index in [0.717, 1.165) is 11.3 Å². The van der Waals surface area contributed by atoms with Crippen molar-refractivity contribution in [2.45, 2.75) is 6.61 Å². The Bertz CT molecular complexity index is 238. The first kappa shape index (κ1) is 9.03. The predicted molar refractivity (Wildman–Crippen MR) is 46.8 cm³/mol. The Hall–Kier alpha value is -1.06. The van der Waals surface area contributed by atoms with E-state index in [2.05, 4.69) is 0 Å². The van der Waals surface area contributed by atoms with Crippen LogP contribution >= 0.6 is 0 Å². The van der Waals surface area contributed by atoms with Crippen molar-refractivity contribution in [3.8, 4) is 5.75 Å². The fourth-order valence-electron chi connectivity index (χ4n) is 0.991. The van der Waals surface area contributed by atoms with Crippen LogP contribution in [0.2, 0.25) is 0 Å². The largest absolute Gasteiger partial charge is 0.496 e. The van der Waals surface area contributed by atoms with Crippen LogP contribution in [-0.2, 0) is 11.3 Å². The second-order valence-corrected chi connectivity index (χ2v) is 2.33. The van der Waals surface area contributed by atoms with Gasteiger partial charge in [0, 0.05) is 5.56 Å². The van der Waals surface area contributed by atoms with E-state index in [1.807, 2.05) is 24.3 Å². The minimum absolute atomic E-state index is 0.234. The van der Waals surface area contributed by atoms with Crippen molar-refractivity contribution in [3.63, 3.8) is 0 Å². The maximum absolute atomic E-state index is 5.20. The van der Waals surface area contributed by atoms with Crippen molar-refractivity contribution >= 4 is 0 Å². The van der Waals surface area contributed by atoms with E-state index in [-0.39, 0.29) is 6.73 Å². The first-order valence-electron chi connectivity index (χ1n) is 3.78. The van der Waals surface area contributed by atoms with Crippen LogP contribution in [0.15, 0.2) is 24.3 Å². The van der Waals surface area contributed by atoms with E-state index in [1.165, 1.54) is 0 Å². The number of rotatable bonds is 4. The number of para-hydroxylation sites is 1. The molecule has 0 aliphatic rings. The molecule has 0 fully saturated rings. The van der Waals surface area contributed by atoms with Crippen LogP contribution in [-0.4, -0.2) is 13.8 Å². The summed E-state index contributed by atoms with van der Waals surface area (Å²) < 4.78 is 10.2. The molecule has 1 rings (SSSR count). The summed E-state index contributed by atoms with van der Waals surface area (Å²) in [6, 6.07) is 7.71. The molecule has 0 aliphatic carbocycles. The number of methoxy groups -OCH3 is 1. The van der Waals surface area contributed by atoms with Gasteiger partial charge in [0.05, 0.1) is 20.4 Å². The minimum atomic E-state index is 0.234. The van der Waals surface area contributed by atoms with Crippen LogP contribution in [0.1, 0.15) is 5.56 Å². The molecule has 3 heteroatoms. The average Bonchev–Trinajstić information content (AvgIpc) is 2.15. The fourth-order valence-corrected chi connectivity index (χ4v) is 0.991. The zero-order chi connectivity index (χ0) is 8.81. The molecule has 0 atom stereocenters. The number of benzene rings is 1. The van der Waals surface area contributed by atoms with Gasteiger partial charge in [0.1, 0.15) is 5.75 Å². The van der Waals surface area contributed by atoms with Crippen LogP contribution in [0.5, 0.6) is 5.75 Å². The number of hydrogen-bond acceptors (Lipinski definition) is 3.